The summed E-state index contributed by atoms with van der Waals surface area (Å²) in [7, 11) is 4.01. The van der Waals surface area contributed by atoms with Gasteiger partial charge in [0.05, 0.1) is 6.42 Å². The SMILES string of the molecule is CN(C)CCC(=[N+]=[N-])c1cccs1. The average Bonchev–Trinajstić information content (AvgIpc) is 2.58. The van der Waals surface area contributed by atoms with E-state index in [1.807, 2.05) is 31.6 Å². The summed E-state index contributed by atoms with van der Waals surface area (Å²) in [5.74, 6) is 0. The molecule has 1 rings (SSSR count). The van der Waals surface area contributed by atoms with E-state index in [9.17, 15) is 0 Å². The van der Waals surface area contributed by atoms with Crippen molar-refractivity contribution in [3.05, 3.63) is 27.9 Å². The van der Waals surface area contributed by atoms with Crippen LogP contribution in [0.25, 0.3) is 5.53 Å². The maximum Gasteiger partial charge on any atom is 0.310 e. The van der Waals surface area contributed by atoms with Crippen LogP contribution in [0.5, 0.6) is 0 Å². The Morgan fingerprint density at radius 2 is 2.38 bits per heavy atom. The molecule has 0 N–H and O–H groups in total. The number of hydrogen-bond donors (Lipinski definition) is 0. The highest BCUT2D eigenvalue weighted by Gasteiger charge is 2.12. The minimum absolute atomic E-state index is 0.767. The minimum atomic E-state index is 0.767. The quantitative estimate of drug-likeness (QED) is 0.409. The molecule has 13 heavy (non-hydrogen) atoms. The highest BCUT2D eigenvalue weighted by Crippen LogP contribution is 2.10. The second kappa shape index (κ2) is 4.92. The molecule has 1 aromatic heterocycles. The van der Waals surface area contributed by atoms with Crippen LogP contribution in [0.1, 0.15) is 11.3 Å². The third-order valence-electron chi connectivity index (χ3n) is 1.72. The molecule has 0 bridgehead atoms. The second-order valence-corrected chi connectivity index (χ2v) is 4.02. The van der Waals surface area contributed by atoms with E-state index in [0.29, 0.717) is 0 Å². The Hall–Kier alpha value is -0.960. The van der Waals surface area contributed by atoms with Crippen molar-refractivity contribution in [2.45, 2.75) is 6.42 Å². The van der Waals surface area contributed by atoms with E-state index in [4.69, 9.17) is 5.53 Å². The lowest BCUT2D eigenvalue weighted by Crippen LogP contribution is -2.17. The first kappa shape index (κ1) is 10.1. The van der Waals surface area contributed by atoms with E-state index in [1.165, 1.54) is 0 Å². The molecule has 0 saturated heterocycles. The molecule has 1 aromatic rings. The van der Waals surface area contributed by atoms with Gasteiger partial charge in [0, 0.05) is 6.54 Å². The minimum Gasteiger partial charge on any atom is -0.361 e. The van der Waals surface area contributed by atoms with Gasteiger partial charge in [-0.25, -0.2) is 0 Å². The summed E-state index contributed by atoms with van der Waals surface area (Å²) in [6.45, 7) is 0.900. The molecule has 0 spiro atoms. The Bertz CT molecular complexity index is 297. The maximum atomic E-state index is 8.79. The predicted octanol–water partition coefficient (Wildman–Crippen LogP) is 1.72. The fourth-order valence-corrected chi connectivity index (χ4v) is 1.73. The summed E-state index contributed by atoms with van der Waals surface area (Å²) in [5.41, 5.74) is 9.55. The monoisotopic (exact) mass is 195 g/mol. The zero-order valence-corrected chi connectivity index (χ0v) is 8.71. The Balaban J connectivity index is 2.61. The van der Waals surface area contributed by atoms with Crippen molar-refractivity contribution in [3.8, 4) is 0 Å². The molecule has 0 unspecified atom stereocenters. The predicted molar refractivity (Wildman–Crippen MR) is 55.2 cm³/mol. The van der Waals surface area contributed by atoms with Gasteiger partial charge in [0.25, 0.3) is 0 Å². The summed E-state index contributed by atoms with van der Waals surface area (Å²) < 4.78 is 0. The number of rotatable bonds is 4. The third-order valence-corrected chi connectivity index (χ3v) is 2.64. The number of hydrogen-bond acceptors (Lipinski definition) is 2. The van der Waals surface area contributed by atoms with E-state index in [2.05, 4.69) is 9.69 Å². The van der Waals surface area contributed by atoms with Crippen LogP contribution in [0.2, 0.25) is 0 Å². The van der Waals surface area contributed by atoms with Crippen LogP contribution in [-0.2, 0) is 0 Å². The normalized spacial score (nSPS) is 10.1. The fourth-order valence-electron chi connectivity index (χ4n) is 0.995. The summed E-state index contributed by atoms with van der Waals surface area (Å²) in [6, 6.07) is 3.93. The van der Waals surface area contributed by atoms with Crippen molar-refractivity contribution < 1.29 is 4.79 Å². The average molecular weight is 195 g/mol. The molecular weight excluding hydrogens is 182 g/mol. The van der Waals surface area contributed by atoms with Crippen LogP contribution in [0.3, 0.4) is 0 Å². The Labute approximate surface area is 82.2 Å². The van der Waals surface area contributed by atoms with Crippen molar-refractivity contribution >= 4 is 17.0 Å². The highest BCUT2D eigenvalue weighted by atomic mass is 32.1. The zero-order valence-electron chi connectivity index (χ0n) is 7.90. The van der Waals surface area contributed by atoms with Crippen LogP contribution in [-0.4, -0.2) is 36.0 Å². The maximum absolute atomic E-state index is 8.79. The molecule has 0 aliphatic carbocycles. The molecule has 0 atom stereocenters. The Kier molecular flexibility index (Phi) is 3.83. The topological polar surface area (TPSA) is 39.6 Å². The molecule has 4 heteroatoms. The van der Waals surface area contributed by atoms with Gasteiger partial charge in [0.2, 0.25) is 0 Å². The molecule has 0 aliphatic rings. The Morgan fingerprint density at radius 3 is 2.85 bits per heavy atom. The van der Waals surface area contributed by atoms with Gasteiger partial charge in [-0.2, -0.15) is 4.79 Å². The number of thiophene rings is 1. The molecule has 0 aliphatic heterocycles. The summed E-state index contributed by atoms with van der Waals surface area (Å²) in [4.78, 5) is 6.42. The molecule has 0 saturated carbocycles. The molecule has 0 fully saturated rings. The van der Waals surface area contributed by atoms with E-state index >= 15 is 0 Å². The molecule has 70 valence electrons. The molecule has 3 nitrogen and oxygen atoms in total. The first-order chi connectivity index (χ1) is 6.24. The van der Waals surface area contributed by atoms with Gasteiger partial charge >= 0.3 is 5.71 Å². The van der Waals surface area contributed by atoms with E-state index < -0.39 is 0 Å². The van der Waals surface area contributed by atoms with Gasteiger partial charge in [-0.05, 0) is 25.5 Å². The smallest absolute Gasteiger partial charge is 0.310 e. The van der Waals surface area contributed by atoms with Gasteiger partial charge < -0.3 is 10.4 Å². The van der Waals surface area contributed by atoms with Gasteiger partial charge in [0.15, 0.2) is 0 Å². The first-order valence-corrected chi connectivity index (χ1v) is 5.01. The lowest BCUT2D eigenvalue weighted by atomic mass is 10.2. The third kappa shape index (κ3) is 3.11. The first-order valence-electron chi connectivity index (χ1n) is 4.13. The van der Waals surface area contributed by atoms with Gasteiger partial charge in [-0.1, -0.05) is 6.07 Å². The summed E-state index contributed by atoms with van der Waals surface area (Å²) in [6.07, 6.45) is 0.782. The van der Waals surface area contributed by atoms with Gasteiger partial charge in [-0.15, -0.1) is 11.3 Å². The van der Waals surface area contributed by atoms with Crippen LogP contribution in [0.4, 0.5) is 0 Å². The van der Waals surface area contributed by atoms with E-state index in [0.717, 1.165) is 23.6 Å². The van der Waals surface area contributed by atoms with Crippen LogP contribution >= 0.6 is 11.3 Å². The second-order valence-electron chi connectivity index (χ2n) is 3.08. The molecule has 0 radical (unpaired) electrons. The molecule has 0 amide bonds. The van der Waals surface area contributed by atoms with Crippen molar-refractivity contribution in [1.29, 1.82) is 0 Å². The lowest BCUT2D eigenvalue weighted by molar-refractivity contribution is -0.00708. The van der Waals surface area contributed by atoms with Crippen molar-refractivity contribution in [2.75, 3.05) is 20.6 Å². The van der Waals surface area contributed by atoms with Crippen molar-refractivity contribution in [2.24, 2.45) is 0 Å². The number of nitrogens with zero attached hydrogens (tertiary/aromatic N) is 3. The standard InChI is InChI=1S/C9H13N3S/c1-12(2)6-5-8(11-10)9-4-3-7-13-9/h3-4,7H,5-6H2,1-2H3. The molecule has 0 aromatic carbocycles. The van der Waals surface area contributed by atoms with Crippen molar-refractivity contribution in [1.82, 2.24) is 4.90 Å². The van der Waals surface area contributed by atoms with Crippen LogP contribution < -0.4 is 0 Å². The lowest BCUT2D eigenvalue weighted by Gasteiger charge is -2.05. The van der Waals surface area contributed by atoms with Crippen LogP contribution in [0.15, 0.2) is 17.5 Å². The van der Waals surface area contributed by atoms with Crippen LogP contribution in [0, 0.1) is 0 Å². The van der Waals surface area contributed by atoms with Crippen molar-refractivity contribution in [3.63, 3.8) is 0 Å². The molecule has 1 heterocycles. The largest absolute Gasteiger partial charge is 0.361 e. The molecular formula is C9H13N3S. The highest BCUT2D eigenvalue weighted by molar-refractivity contribution is 7.12. The fraction of sp³-hybridized carbons (Fsp3) is 0.444. The Morgan fingerprint density at radius 1 is 1.62 bits per heavy atom. The summed E-state index contributed by atoms with van der Waals surface area (Å²) in [5, 5.41) is 1.98. The van der Waals surface area contributed by atoms with E-state index in [1.54, 1.807) is 11.3 Å². The van der Waals surface area contributed by atoms with Gasteiger partial charge in [-0.3, -0.25) is 0 Å². The van der Waals surface area contributed by atoms with E-state index in [-0.39, 0.29) is 0 Å². The zero-order chi connectivity index (χ0) is 9.68. The summed E-state index contributed by atoms with van der Waals surface area (Å²) >= 11 is 1.60. The van der Waals surface area contributed by atoms with Gasteiger partial charge in [0.1, 0.15) is 4.88 Å².